The third-order valence-electron chi connectivity index (χ3n) is 4.30. The molecule has 0 spiro atoms. The minimum atomic E-state index is -0.985. The number of benzene rings is 1. The Hall–Kier alpha value is -1.88. The minimum absolute atomic E-state index is 0.0361. The summed E-state index contributed by atoms with van der Waals surface area (Å²) in [6.07, 6.45) is 3.47. The van der Waals surface area contributed by atoms with Crippen LogP contribution in [0.5, 0.6) is 0 Å². The lowest BCUT2D eigenvalue weighted by Gasteiger charge is -2.40. The zero-order valence-electron chi connectivity index (χ0n) is 12.4. The molecule has 114 valence electrons. The van der Waals surface area contributed by atoms with Gasteiger partial charge in [-0.1, -0.05) is 12.5 Å². The van der Waals surface area contributed by atoms with E-state index in [0.29, 0.717) is 24.3 Å². The third kappa shape index (κ3) is 3.24. The number of anilines is 1. The highest BCUT2D eigenvalue weighted by molar-refractivity contribution is 5.97. The topological polar surface area (TPSA) is 75.6 Å². The molecule has 2 N–H and O–H groups in total. The Kier molecular flexibility index (Phi) is 4.63. The standard InChI is InChI=1S/C16H21NO4/c1-11-4-5-12(10-13(11)14(18)19)17-15(20)16(6-3-7-16)8-9-21-2/h4-5,10H,3,6-9H2,1-2H3,(H,17,20)(H,18,19). The fraction of sp³-hybridized carbons (Fsp3) is 0.500. The number of methoxy groups -OCH3 is 1. The number of amides is 1. The van der Waals surface area contributed by atoms with Crippen molar-refractivity contribution in [2.24, 2.45) is 5.41 Å². The van der Waals surface area contributed by atoms with Crippen molar-refractivity contribution in [3.05, 3.63) is 29.3 Å². The van der Waals surface area contributed by atoms with Crippen LogP contribution in [0.3, 0.4) is 0 Å². The summed E-state index contributed by atoms with van der Waals surface area (Å²) in [5.74, 6) is -1.02. The zero-order chi connectivity index (χ0) is 15.5. The average Bonchev–Trinajstić information content (AvgIpc) is 2.39. The molecule has 1 aliphatic rings. The summed E-state index contributed by atoms with van der Waals surface area (Å²) in [5, 5.41) is 12.0. The number of ether oxygens (including phenoxy) is 1. The number of carboxylic acids is 1. The van der Waals surface area contributed by atoms with Crippen molar-refractivity contribution in [3.8, 4) is 0 Å². The number of carbonyl (C=O) groups excluding carboxylic acids is 1. The van der Waals surface area contributed by atoms with Crippen LogP contribution in [0.15, 0.2) is 18.2 Å². The van der Waals surface area contributed by atoms with Crippen LogP contribution < -0.4 is 5.32 Å². The van der Waals surface area contributed by atoms with Gasteiger partial charge in [-0.2, -0.15) is 0 Å². The Morgan fingerprint density at radius 1 is 1.38 bits per heavy atom. The Balaban J connectivity index is 2.12. The molecule has 0 heterocycles. The first-order chi connectivity index (χ1) is 9.98. The van der Waals surface area contributed by atoms with Crippen molar-refractivity contribution in [2.75, 3.05) is 19.0 Å². The van der Waals surface area contributed by atoms with Crippen molar-refractivity contribution in [2.45, 2.75) is 32.6 Å². The molecule has 2 rings (SSSR count). The summed E-state index contributed by atoms with van der Waals surface area (Å²) in [7, 11) is 1.63. The molecule has 0 aromatic heterocycles. The Labute approximate surface area is 124 Å². The summed E-state index contributed by atoms with van der Waals surface area (Å²) in [5.41, 5.74) is 1.07. The number of carbonyl (C=O) groups is 2. The van der Waals surface area contributed by atoms with Gasteiger partial charge in [0, 0.05) is 19.4 Å². The van der Waals surface area contributed by atoms with Crippen molar-refractivity contribution >= 4 is 17.6 Å². The third-order valence-corrected chi connectivity index (χ3v) is 4.30. The van der Waals surface area contributed by atoms with Crippen LogP contribution in [-0.2, 0) is 9.53 Å². The Bertz CT molecular complexity index is 549. The summed E-state index contributed by atoms with van der Waals surface area (Å²) in [6.45, 7) is 2.29. The molecule has 1 amide bonds. The van der Waals surface area contributed by atoms with Gasteiger partial charge >= 0.3 is 5.97 Å². The first-order valence-corrected chi connectivity index (χ1v) is 7.13. The van der Waals surface area contributed by atoms with Gasteiger partial charge in [-0.3, -0.25) is 4.79 Å². The van der Waals surface area contributed by atoms with E-state index in [1.54, 1.807) is 26.2 Å². The molecule has 0 atom stereocenters. The van der Waals surface area contributed by atoms with Gasteiger partial charge in [0.25, 0.3) is 0 Å². The van der Waals surface area contributed by atoms with E-state index < -0.39 is 5.97 Å². The van der Waals surface area contributed by atoms with Gasteiger partial charge in [0.05, 0.1) is 11.0 Å². The van der Waals surface area contributed by atoms with Gasteiger partial charge in [0.2, 0.25) is 5.91 Å². The fourth-order valence-corrected chi connectivity index (χ4v) is 2.69. The van der Waals surface area contributed by atoms with Gasteiger partial charge in [-0.25, -0.2) is 4.79 Å². The molecular weight excluding hydrogens is 270 g/mol. The van der Waals surface area contributed by atoms with Gasteiger partial charge in [-0.15, -0.1) is 0 Å². The van der Waals surface area contributed by atoms with E-state index >= 15 is 0 Å². The molecule has 0 radical (unpaired) electrons. The van der Waals surface area contributed by atoms with Crippen molar-refractivity contribution in [3.63, 3.8) is 0 Å². The zero-order valence-corrected chi connectivity index (χ0v) is 12.4. The molecule has 1 aromatic rings. The molecule has 0 aliphatic heterocycles. The van der Waals surface area contributed by atoms with Crippen LogP contribution in [0.4, 0.5) is 5.69 Å². The number of aromatic carboxylic acids is 1. The van der Waals surface area contributed by atoms with Crippen LogP contribution in [0.25, 0.3) is 0 Å². The van der Waals surface area contributed by atoms with Gasteiger partial charge < -0.3 is 15.2 Å². The Morgan fingerprint density at radius 3 is 2.62 bits per heavy atom. The molecule has 1 fully saturated rings. The smallest absolute Gasteiger partial charge is 0.336 e. The normalized spacial score (nSPS) is 16.1. The molecule has 0 unspecified atom stereocenters. The van der Waals surface area contributed by atoms with E-state index in [1.807, 2.05) is 0 Å². The second kappa shape index (κ2) is 6.26. The summed E-state index contributed by atoms with van der Waals surface area (Å²) in [6, 6.07) is 4.96. The fourth-order valence-electron chi connectivity index (χ4n) is 2.69. The van der Waals surface area contributed by atoms with Crippen LogP contribution in [-0.4, -0.2) is 30.7 Å². The predicted molar refractivity (Wildman–Crippen MR) is 79.5 cm³/mol. The van der Waals surface area contributed by atoms with Gasteiger partial charge in [-0.05, 0) is 43.9 Å². The van der Waals surface area contributed by atoms with E-state index in [4.69, 9.17) is 9.84 Å². The van der Waals surface area contributed by atoms with E-state index in [0.717, 1.165) is 19.3 Å². The highest BCUT2D eigenvalue weighted by atomic mass is 16.5. The van der Waals surface area contributed by atoms with Crippen molar-refractivity contribution in [1.29, 1.82) is 0 Å². The second-order valence-electron chi connectivity index (χ2n) is 5.67. The molecule has 21 heavy (non-hydrogen) atoms. The first-order valence-electron chi connectivity index (χ1n) is 7.13. The van der Waals surface area contributed by atoms with Crippen LogP contribution >= 0.6 is 0 Å². The highest BCUT2D eigenvalue weighted by Gasteiger charge is 2.43. The molecule has 0 saturated heterocycles. The van der Waals surface area contributed by atoms with Crippen LogP contribution in [0.2, 0.25) is 0 Å². The number of carboxylic acid groups (broad SMARTS) is 1. The van der Waals surface area contributed by atoms with E-state index in [2.05, 4.69) is 5.32 Å². The predicted octanol–water partition coefficient (Wildman–Crippen LogP) is 2.84. The molecule has 1 aromatic carbocycles. The van der Waals surface area contributed by atoms with Crippen molar-refractivity contribution in [1.82, 2.24) is 0 Å². The lowest BCUT2D eigenvalue weighted by atomic mass is 9.66. The Morgan fingerprint density at radius 2 is 2.10 bits per heavy atom. The van der Waals surface area contributed by atoms with Crippen molar-refractivity contribution < 1.29 is 19.4 Å². The maximum absolute atomic E-state index is 12.5. The average molecular weight is 291 g/mol. The molecule has 1 aliphatic carbocycles. The van der Waals surface area contributed by atoms with E-state index in [1.165, 1.54) is 6.07 Å². The molecular formula is C16H21NO4. The second-order valence-corrected chi connectivity index (χ2v) is 5.67. The lowest BCUT2D eigenvalue weighted by Crippen LogP contribution is -2.42. The molecule has 5 heteroatoms. The number of hydrogen-bond acceptors (Lipinski definition) is 3. The van der Waals surface area contributed by atoms with E-state index in [9.17, 15) is 9.59 Å². The maximum Gasteiger partial charge on any atom is 0.336 e. The molecule has 5 nitrogen and oxygen atoms in total. The van der Waals surface area contributed by atoms with Crippen LogP contribution in [0, 0.1) is 12.3 Å². The monoisotopic (exact) mass is 291 g/mol. The lowest BCUT2D eigenvalue weighted by molar-refractivity contribution is -0.131. The van der Waals surface area contributed by atoms with E-state index in [-0.39, 0.29) is 16.9 Å². The minimum Gasteiger partial charge on any atom is -0.478 e. The highest BCUT2D eigenvalue weighted by Crippen LogP contribution is 2.44. The maximum atomic E-state index is 12.5. The number of hydrogen-bond donors (Lipinski definition) is 2. The summed E-state index contributed by atoms with van der Waals surface area (Å²) in [4.78, 5) is 23.6. The van der Waals surface area contributed by atoms with Crippen LogP contribution in [0.1, 0.15) is 41.6 Å². The first kappa shape index (κ1) is 15.5. The number of nitrogens with one attached hydrogen (secondary N) is 1. The number of aryl methyl sites for hydroxylation is 1. The van der Waals surface area contributed by atoms with Gasteiger partial charge in [0.1, 0.15) is 0 Å². The largest absolute Gasteiger partial charge is 0.478 e. The summed E-state index contributed by atoms with van der Waals surface area (Å²) < 4.78 is 5.08. The molecule has 1 saturated carbocycles. The quantitative estimate of drug-likeness (QED) is 0.845. The SMILES string of the molecule is COCCC1(C(=O)Nc2ccc(C)c(C(=O)O)c2)CCC1. The molecule has 0 bridgehead atoms. The van der Waals surface area contributed by atoms with Gasteiger partial charge in [0.15, 0.2) is 0 Å². The number of rotatable bonds is 6. The summed E-state index contributed by atoms with van der Waals surface area (Å²) >= 11 is 0.